The van der Waals surface area contributed by atoms with Crippen molar-refractivity contribution >= 4 is 6.21 Å². The smallest absolute Gasteiger partial charge is 0.0591 e. The van der Waals surface area contributed by atoms with E-state index in [1.54, 1.807) is 0 Å². The molecular weight excluding hydrogens is 232 g/mol. The van der Waals surface area contributed by atoms with E-state index >= 15 is 0 Å². The fraction of sp³-hybridized carbons (Fsp3) is 0.588. The van der Waals surface area contributed by atoms with Gasteiger partial charge in [-0.05, 0) is 24.0 Å². The van der Waals surface area contributed by atoms with Crippen LogP contribution in [0.15, 0.2) is 41.2 Å². The largest absolute Gasteiger partial charge is 0.265 e. The van der Waals surface area contributed by atoms with E-state index in [1.165, 1.54) is 5.70 Å². The van der Waals surface area contributed by atoms with Crippen molar-refractivity contribution in [2.24, 2.45) is 28.3 Å². The van der Waals surface area contributed by atoms with Gasteiger partial charge in [0.15, 0.2) is 0 Å². The Bertz CT molecular complexity index is 440. The van der Waals surface area contributed by atoms with Crippen LogP contribution in [0.4, 0.5) is 0 Å². The highest BCUT2D eigenvalue weighted by Gasteiger charge is 2.25. The lowest BCUT2D eigenvalue weighted by atomic mass is 9.79. The highest BCUT2D eigenvalue weighted by Crippen LogP contribution is 2.33. The molecule has 0 aromatic rings. The fourth-order valence-electron chi connectivity index (χ4n) is 2.30. The summed E-state index contributed by atoms with van der Waals surface area (Å²) in [6.45, 7) is 12.3. The van der Waals surface area contributed by atoms with Crippen molar-refractivity contribution in [3.8, 4) is 0 Å². The van der Waals surface area contributed by atoms with Crippen LogP contribution in [0.5, 0.6) is 0 Å². The molecule has 2 heteroatoms. The third-order valence-electron chi connectivity index (χ3n) is 4.52. The second-order valence-corrected chi connectivity index (χ2v) is 6.56. The van der Waals surface area contributed by atoms with Gasteiger partial charge in [0.2, 0.25) is 0 Å². The van der Waals surface area contributed by atoms with Gasteiger partial charge in [0.05, 0.1) is 5.70 Å². The molecule has 0 saturated heterocycles. The quantitative estimate of drug-likeness (QED) is 0.739. The monoisotopic (exact) mass is 258 g/mol. The van der Waals surface area contributed by atoms with Gasteiger partial charge in [-0.15, -0.1) is 0 Å². The van der Waals surface area contributed by atoms with E-state index in [4.69, 9.17) is 0 Å². The number of allylic oxidation sites excluding steroid dienone is 5. The van der Waals surface area contributed by atoms with Crippen LogP contribution in [-0.4, -0.2) is 17.8 Å². The number of rotatable bonds is 3. The van der Waals surface area contributed by atoms with Crippen molar-refractivity contribution in [1.29, 1.82) is 0 Å². The molecule has 2 unspecified atom stereocenters. The normalized spacial score (nSPS) is 30.4. The van der Waals surface area contributed by atoms with E-state index in [1.807, 2.05) is 0 Å². The van der Waals surface area contributed by atoms with Crippen LogP contribution >= 0.6 is 0 Å². The molecule has 0 bridgehead atoms. The second kappa shape index (κ2) is 5.36. The van der Waals surface area contributed by atoms with Crippen molar-refractivity contribution in [3.63, 3.8) is 0 Å². The molecule has 104 valence electrons. The third-order valence-corrected chi connectivity index (χ3v) is 4.52. The summed E-state index contributed by atoms with van der Waals surface area (Å²) < 4.78 is 0. The van der Waals surface area contributed by atoms with Gasteiger partial charge in [-0.1, -0.05) is 52.8 Å². The zero-order chi connectivity index (χ0) is 14.0. The highest BCUT2D eigenvalue weighted by atomic mass is 15.5. The Hall–Kier alpha value is -1.31. The first-order valence-corrected chi connectivity index (χ1v) is 7.33. The average molecular weight is 258 g/mol. The van der Waals surface area contributed by atoms with Crippen LogP contribution < -0.4 is 0 Å². The molecule has 1 aliphatic carbocycles. The van der Waals surface area contributed by atoms with E-state index in [9.17, 15) is 0 Å². The maximum atomic E-state index is 4.55. The van der Waals surface area contributed by atoms with Gasteiger partial charge in [0, 0.05) is 24.1 Å². The van der Waals surface area contributed by atoms with Crippen molar-refractivity contribution in [2.45, 2.75) is 34.6 Å². The predicted octanol–water partition coefficient (Wildman–Crippen LogP) is 4.23. The van der Waals surface area contributed by atoms with E-state index < -0.39 is 0 Å². The highest BCUT2D eigenvalue weighted by molar-refractivity contribution is 5.63. The molecule has 19 heavy (non-hydrogen) atoms. The Morgan fingerprint density at radius 1 is 1.26 bits per heavy atom. The Kier molecular flexibility index (Phi) is 3.98. The number of hydrazone groups is 1. The molecule has 0 fully saturated rings. The summed E-state index contributed by atoms with van der Waals surface area (Å²) >= 11 is 0. The first kappa shape index (κ1) is 14.1. The average Bonchev–Trinajstić information content (AvgIpc) is 2.74. The predicted molar refractivity (Wildman–Crippen MR) is 82.8 cm³/mol. The van der Waals surface area contributed by atoms with Crippen molar-refractivity contribution in [2.75, 3.05) is 6.54 Å². The molecule has 1 heterocycles. The first-order valence-electron chi connectivity index (χ1n) is 7.33. The Labute approximate surface area is 117 Å². The Morgan fingerprint density at radius 3 is 2.58 bits per heavy atom. The van der Waals surface area contributed by atoms with Crippen LogP contribution in [0, 0.1) is 23.2 Å². The maximum Gasteiger partial charge on any atom is 0.0591 e. The zero-order valence-electron chi connectivity index (χ0n) is 12.8. The summed E-state index contributed by atoms with van der Waals surface area (Å²) in [5.74, 6) is 1.82. The standard InChI is InChI=1S/C17H26N2/c1-13(2)15-11-18-19(12-15)16-7-6-9-17(5,10-8-16)14(3)4/h6-11,13-15H,12H2,1-5H3. The number of nitrogens with zero attached hydrogens (tertiary/aromatic N) is 2. The van der Waals surface area contributed by atoms with Crippen LogP contribution in [0.1, 0.15) is 34.6 Å². The molecule has 0 N–H and O–H groups in total. The molecule has 2 atom stereocenters. The summed E-state index contributed by atoms with van der Waals surface area (Å²) in [5, 5.41) is 6.67. The van der Waals surface area contributed by atoms with E-state index in [-0.39, 0.29) is 5.41 Å². The minimum absolute atomic E-state index is 0.138. The lowest BCUT2D eigenvalue weighted by molar-refractivity contribution is 0.345. The van der Waals surface area contributed by atoms with Gasteiger partial charge < -0.3 is 0 Å². The van der Waals surface area contributed by atoms with Gasteiger partial charge in [-0.25, -0.2) is 0 Å². The van der Waals surface area contributed by atoms with Gasteiger partial charge in [0.25, 0.3) is 0 Å². The van der Waals surface area contributed by atoms with Crippen molar-refractivity contribution in [3.05, 3.63) is 36.1 Å². The van der Waals surface area contributed by atoms with E-state index in [2.05, 4.69) is 81.3 Å². The van der Waals surface area contributed by atoms with Crippen LogP contribution in [0.25, 0.3) is 0 Å². The van der Waals surface area contributed by atoms with Crippen LogP contribution in [0.2, 0.25) is 0 Å². The van der Waals surface area contributed by atoms with Crippen LogP contribution in [0.3, 0.4) is 0 Å². The molecule has 0 amide bonds. The van der Waals surface area contributed by atoms with E-state index in [0.29, 0.717) is 17.8 Å². The summed E-state index contributed by atoms with van der Waals surface area (Å²) in [6, 6.07) is 0. The molecule has 2 aliphatic rings. The van der Waals surface area contributed by atoms with Crippen LogP contribution in [-0.2, 0) is 0 Å². The van der Waals surface area contributed by atoms with Crippen molar-refractivity contribution < 1.29 is 0 Å². The molecule has 0 aromatic carbocycles. The summed E-state index contributed by atoms with van der Waals surface area (Å²) in [5.41, 5.74) is 1.33. The minimum atomic E-state index is 0.138. The van der Waals surface area contributed by atoms with Gasteiger partial charge in [-0.2, -0.15) is 5.10 Å². The Balaban J connectivity index is 2.11. The topological polar surface area (TPSA) is 15.6 Å². The lowest BCUT2D eigenvalue weighted by Gasteiger charge is -2.26. The lowest BCUT2D eigenvalue weighted by Crippen LogP contribution is -2.20. The fourth-order valence-corrected chi connectivity index (χ4v) is 2.30. The first-order chi connectivity index (χ1) is 8.92. The van der Waals surface area contributed by atoms with Gasteiger partial charge in [0.1, 0.15) is 0 Å². The molecule has 0 radical (unpaired) electrons. The molecular formula is C17H26N2. The molecule has 0 spiro atoms. The molecule has 0 saturated carbocycles. The summed E-state index contributed by atoms with van der Waals surface area (Å²) in [6.07, 6.45) is 13.3. The maximum absolute atomic E-state index is 4.55. The number of hydrogen-bond acceptors (Lipinski definition) is 2. The minimum Gasteiger partial charge on any atom is -0.265 e. The van der Waals surface area contributed by atoms with E-state index in [0.717, 1.165) is 6.54 Å². The summed E-state index contributed by atoms with van der Waals surface area (Å²) in [4.78, 5) is 0. The van der Waals surface area contributed by atoms with Gasteiger partial charge in [-0.3, -0.25) is 5.01 Å². The molecule has 2 rings (SSSR count). The molecule has 1 aliphatic heterocycles. The summed E-state index contributed by atoms with van der Waals surface area (Å²) in [7, 11) is 0. The SMILES string of the molecule is CC(C)C1C=NN(C2=CC=CC(C)(C(C)C)C=C2)C1. The molecule has 0 aromatic heterocycles. The molecule has 2 nitrogen and oxygen atoms in total. The van der Waals surface area contributed by atoms with Gasteiger partial charge >= 0.3 is 0 Å². The third kappa shape index (κ3) is 2.99. The second-order valence-electron chi connectivity index (χ2n) is 6.56. The Morgan fingerprint density at radius 2 is 2.00 bits per heavy atom. The number of hydrogen-bond donors (Lipinski definition) is 0. The zero-order valence-corrected chi connectivity index (χ0v) is 12.8. The van der Waals surface area contributed by atoms with Crippen molar-refractivity contribution in [1.82, 2.24) is 5.01 Å².